The maximum Gasteiger partial charge on any atom is 0.188 e. The number of aliphatic imine (C=N–C) groups is 1. The smallest absolute Gasteiger partial charge is 0.188 e. The molecule has 124 valence electrons. The monoisotopic (exact) mass is 331 g/mol. The van der Waals surface area contributed by atoms with Gasteiger partial charge in [-0.25, -0.2) is 4.98 Å². The second kappa shape index (κ2) is 9.94. The zero-order valence-electron chi connectivity index (χ0n) is 13.6. The van der Waals surface area contributed by atoms with Crippen LogP contribution in [0.3, 0.4) is 0 Å². The maximum atomic E-state index is 5.86. The summed E-state index contributed by atoms with van der Waals surface area (Å²) in [6.07, 6.45) is 5.45. The largest absolute Gasteiger partial charge is 0.370 e. The molecular weight excluding hydrogens is 306 g/mol. The summed E-state index contributed by atoms with van der Waals surface area (Å²) in [6, 6.07) is 8.63. The molecule has 6 heteroatoms. The van der Waals surface area contributed by atoms with Crippen LogP contribution in [0.15, 0.2) is 41.8 Å². The van der Waals surface area contributed by atoms with E-state index in [9.17, 15) is 0 Å². The second-order valence-electron chi connectivity index (χ2n) is 5.42. The van der Waals surface area contributed by atoms with Gasteiger partial charge in [-0.3, -0.25) is 4.99 Å². The van der Waals surface area contributed by atoms with E-state index in [2.05, 4.69) is 51.5 Å². The molecule has 2 aromatic rings. The standard InChI is InChI=1S/C17H25N5S/c1-14-4-2-5-15(10-14)12-23-9-8-21-17(18)20-7-3-6-16-11-19-13-22-16/h2,4-5,10-11,13H,3,6-9,12H2,1H3,(H,19,22)(H3,18,20,21). The highest BCUT2D eigenvalue weighted by Gasteiger charge is 1.96. The summed E-state index contributed by atoms with van der Waals surface area (Å²) < 4.78 is 0. The Morgan fingerprint density at radius 3 is 3.13 bits per heavy atom. The molecule has 1 heterocycles. The molecule has 5 nitrogen and oxygen atoms in total. The molecule has 0 spiro atoms. The minimum Gasteiger partial charge on any atom is -0.370 e. The summed E-state index contributed by atoms with van der Waals surface area (Å²) in [6.45, 7) is 3.69. The molecule has 0 aliphatic heterocycles. The van der Waals surface area contributed by atoms with Crippen molar-refractivity contribution >= 4 is 17.7 Å². The van der Waals surface area contributed by atoms with Crippen molar-refractivity contribution in [3.8, 4) is 0 Å². The first kappa shape index (κ1) is 17.4. The van der Waals surface area contributed by atoms with Gasteiger partial charge in [-0.1, -0.05) is 29.8 Å². The minimum atomic E-state index is 0.533. The Hall–Kier alpha value is -1.95. The molecule has 0 aliphatic carbocycles. The topological polar surface area (TPSA) is 79.1 Å². The van der Waals surface area contributed by atoms with Crippen LogP contribution in [0.2, 0.25) is 0 Å². The Morgan fingerprint density at radius 1 is 1.43 bits per heavy atom. The van der Waals surface area contributed by atoms with Gasteiger partial charge in [0.2, 0.25) is 0 Å². The number of nitrogens with two attached hydrogens (primary N) is 1. The van der Waals surface area contributed by atoms with Crippen LogP contribution in [0, 0.1) is 6.92 Å². The van der Waals surface area contributed by atoms with Crippen molar-refractivity contribution in [2.45, 2.75) is 25.5 Å². The van der Waals surface area contributed by atoms with Gasteiger partial charge in [-0.05, 0) is 25.3 Å². The first-order valence-electron chi connectivity index (χ1n) is 7.88. The number of thioether (sulfide) groups is 1. The lowest BCUT2D eigenvalue weighted by atomic mass is 10.2. The average Bonchev–Trinajstić information content (AvgIpc) is 3.05. The molecule has 0 saturated heterocycles. The molecule has 1 aromatic heterocycles. The molecule has 0 atom stereocenters. The zero-order chi connectivity index (χ0) is 16.3. The molecule has 0 radical (unpaired) electrons. The van der Waals surface area contributed by atoms with Crippen molar-refractivity contribution in [1.29, 1.82) is 0 Å². The summed E-state index contributed by atoms with van der Waals surface area (Å²) >= 11 is 1.90. The predicted octanol–water partition coefficient (Wildman–Crippen LogP) is 2.49. The average molecular weight is 331 g/mol. The van der Waals surface area contributed by atoms with E-state index in [1.54, 1.807) is 6.33 Å². The van der Waals surface area contributed by atoms with Crippen molar-refractivity contribution in [1.82, 2.24) is 15.3 Å². The van der Waals surface area contributed by atoms with Crippen molar-refractivity contribution < 1.29 is 0 Å². The van der Waals surface area contributed by atoms with E-state index in [0.717, 1.165) is 43.1 Å². The van der Waals surface area contributed by atoms with Gasteiger partial charge < -0.3 is 16.0 Å². The van der Waals surface area contributed by atoms with E-state index in [1.165, 1.54) is 11.1 Å². The summed E-state index contributed by atoms with van der Waals surface area (Å²) in [5.74, 6) is 2.58. The number of benzene rings is 1. The Balaban J connectivity index is 1.52. The van der Waals surface area contributed by atoms with Gasteiger partial charge in [-0.15, -0.1) is 0 Å². The molecule has 0 saturated carbocycles. The van der Waals surface area contributed by atoms with Crippen molar-refractivity contribution in [2.24, 2.45) is 10.7 Å². The van der Waals surface area contributed by atoms with Gasteiger partial charge in [0.15, 0.2) is 5.96 Å². The second-order valence-corrected chi connectivity index (χ2v) is 6.52. The van der Waals surface area contributed by atoms with Gasteiger partial charge >= 0.3 is 0 Å². The van der Waals surface area contributed by atoms with Crippen LogP contribution < -0.4 is 11.1 Å². The lowest BCUT2D eigenvalue weighted by Crippen LogP contribution is -2.33. The molecule has 0 bridgehead atoms. The molecule has 0 unspecified atom stereocenters. The lowest BCUT2D eigenvalue weighted by molar-refractivity contribution is 0.806. The van der Waals surface area contributed by atoms with Crippen LogP contribution in [0.25, 0.3) is 0 Å². The number of hydrogen-bond acceptors (Lipinski definition) is 3. The van der Waals surface area contributed by atoms with Crippen molar-refractivity contribution in [2.75, 3.05) is 18.8 Å². The fourth-order valence-corrected chi connectivity index (χ4v) is 3.00. The van der Waals surface area contributed by atoms with E-state index in [1.807, 2.05) is 18.0 Å². The van der Waals surface area contributed by atoms with E-state index < -0.39 is 0 Å². The van der Waals surface area contributed by atoms with E-state index >= 15 is 0 Å². The normalized spacial score (nSPS) is 11.6. The SMILES string of the molecule is Cc1cccc(CSCCNC(N)=NCCCc2cnc[nH]2)c1. The van der Waals surface area contributed by atoms with Crippen LogP contribution in [0.1, 0.15) is 23.2 Å². The number of aromatic nitrogens is 2. The van der Waals surface area contributed by atoms with Crippen LogP contribution in [0.5, 0.6) is 0 Å². The molecule has 0 aliphatic rings. The number of hydrogen-bond donors (Lipinski definition) is 3. The molecule has 23 heavy (non-hydrogen) atoms. The lowest BCUT2D eigenvalue weighted by Gasteiger charge is -2.06. The Labute approximate surface area is 142 Å². The van der Waals surface area contributed by atoms with E-state index in [-0.39, 0.29) is 0 Å². The fraction of sp³-hybridized carbons (Fsp3) is 0.412. The van der Waals surface area contributed by atoms with Gasteiger partial charge in [0.05, 0.1) is 6.33 Å². The first-order valence-corrected chi connectivity index (χ1v) is 9.04. The van der Waals surface area contributed by atoms with Crippen molar-refractivity contribution in [3.63, 3.8) is 0 Å². The molecule has 0 amide bonds. The highest BCUT2D eigenvalue weighted by molar-refractivity contribution is 7.98. The fourth-order valence-electron chi connectivity index (χ4n) is 2.19. The van der Waals surface area contributed by atoms with Crippen LogP contribution in [-0.2, 0) is 12.2 Å². The highest BCUT2D eigenvalue weighted by atomic mass is 32.2. The molecule has 2 rings (SSSR count). The number of rotatable bonds is 9. The summed E-state index contributed by atoms with van der Waals surface area (Å²) in [4.78, 5) is 11.4. The van der Waals surface area contributed by atoms with Crippen LogP contribution >= 0.6 is 11.8 Å². The summed E-state index contributed by atoms with van der Waals surface area (Å²) in [5, 5.41) is 3.16. The third-order valence-corrected chi connectivity index (χ3v) is 4.38. The summed E-state index contributed by atoms with van der Waals surface area (Å²) in [5.41, 5.74) is 9.68. The third-order valence-electron chi connectivity index (χ3n) is 3.34. The van der Waals surface area contributed by atoms with E-state index in [4.69, 9.17) is 5.73 Å². The molecule has 4 N–H and O–H groups in total. The van der Waals surface area contributed by atoms with Gasteiger partial charge in [-0.2, -0.15) is 11.8 Å². The number of H-pyrrole nitrogens is 1. The number of nitrogens with zero attached hydrogens (tertiary/aromatic N) is 2. The van der Waals surface area contributed by atoms with Crippen LogP contribution in [0.4, 0.5) is 0 Å². The zero-order valence-corrected chi connectivity index (χ0v) is 14.4. The Morgan fingerprint density at radius 2 is 2.35 bits per heavy atom. The van der Waals surface area contributed by atoms with Crippen molar-refractivity contribution in [3.05, 3.63) is 53.6 Å². The van der Waals surface area contributed by atoms with Gasteiger partial charge in [0.25, 0.3) is 0 Å². The number of nitrogens with one attached hydrogen (secondary N) is 2. The maximum absolute atomic E-state index is 5.86. The third kappa shape index (κ3) is 7.23. The molecule has 0 fully saturated rings. The highest BCUT2D eigenvalue weighted by Crippen LogP contribution is 2.12. The van der Waals surface area contributed by atoms with Gasteiger partial charge in [0, 0.05) is 36.5 Å². The minimum absolute atomic E-state index is 0.533. The molecule has 1 aromatic carbocycles. The quantitative estimate of drug-likeness (QED) is 0.375. The number of guanidine groups is 1. The van der Waals surface area contributed by atoms with Gasteiger partial charge in [0.1, 0.15) is 0 Å². The summed E-state index contributed by atoms with van der Waals surface area (Å²) in [7, 11) is 0. The number of aromatic amines is 1. The van der Waals surface area contributed by atoms with E-state index in [0.29, 0.717) is 5.96 Å². The van der Waals surface area contributed by atoms with Crippen LogP contribution in [-0.4, -0.2) is 34.8 Å². The number of aryl methyl sites for hydroxylation is 2. The Kier molecular flexibility index (Phi) is 7.52. The molecular formula is C17H25N5S. The number of imidazole rings is 1. The predicted molar refractivity (Wildman–Crippen MR) is 98.7 cm³/mol. The first-order chi connectivity index (χ1) is 11.2. The Bertz CT molecular complexity index is 595.